The van der Waals surface area contributed by atoms with Gasteiger partial charge in [-0.25, -0.2) is 0 Å². The van der Waals surface area contributed by atoms with Gasteiger partial charge in [-0.3, -0.25) is 4.90 Å². The standard InChI is InChI=1S/C15H32N2O/c1-12(2)9-17(13(3)4)15(11-16)7-8-18-14(5,6)10-15/h12-13H,7-11,16H2,1-6H3. The minimum atomic E-state index is -0.0538. The molecule has 108 valence electrons. The molecule has 1 unspecified atom stereocenters. The molecule has 1 saturated heterocycles. The molecule has 18 heavy (non-hydrogen) atoms. The maximum atomic E-state index is 6.18. The Labute approximate surface area is 113 Å². The first-order chi connectivity index (χ1) is 8.22. The van der Waals surface area contributed by atoms with E-state index < -0.39 is 0 Å². The summed E-state index contributed by atoms with van der Waals surface area (Å²) in [7, 11) is 0. The van der Waals surface area contributed by atoms with Gasteiger partial charge in [-0.05, 0) is 46.5 Å². The summed E-state index contributed by atoms with van der Waals surface area (Å²) in [6.07, 6.45) is 2.08. The Bertz CT molecular complexity index is 263. The second-order valence-electron chi connectivity index (χ2n) is 7.10. The Balaban J connectivity index is 2.95. The molecule has 0 aromatic carbocycles. The summed E-state index contributed by atoms with van der Waals surface area (Å²) in [6.45, 7) is 16.2. The molecule has 2 N–H and O–H groups in total. The second kappa shape index (κ2) is 5.89. The fraction of sp³-hybridized carbons (Fsp3) is 1.00. The summed E-state index contributed by atoms with van der Waals surface area (Å²) in [5, 5.41) is 0. The van der Waals surface area contributed by atoms with Crippen LogP contribution in [0.2, 0.25) is 0 Å². The molecule has 0 saturated carbocycles. The van der Waals surface area contributed by atoms with Gasteiger partial charge in [0.15, 0.2) is 0 Å². The van der Waals surface area contributed by atoms with Crippen LogP contribution in [0.5, 0.6) is 0 Å². The highest BCUT2D eigenvalue weighted by molar-refractivity contribution is 5.00. The lowest BCUT2D eigenvalue weighted by molar-refractivity contribution is -0.126. The molecule has 0 aliphatic carbocycles. The van der Waals surface area contributed by atoms with E-state index >= 15 is 0 Å². The Morgan fingerprint density at radius 2 is 1.83 bits per heavy atom. The predicted molar refractivity (Wildman–Crippen MR) is 77.7 cm³/mol. The monoisotopic (exact) mass is 256 g/mol. The molecule has 0 radical (unpaired) electrons. The van der Waals surface area contributed by atoms with Crippen molar-refractivity contribution >= 4 is 0 Å². The summed E-state index contributed by atoms with van der Waals surface area (Å²) in [6, 6.07) is 0.532. The highest BCUT2D eigenvalue weighted by atomic mass is 16.5. The maximum Gasteiger partial charge on any atom is 0.0644 e. The van der Waals surface area contributed by atoms with Gasteiger partial charge in [0.05, 0.1) is 5.60 Å². The van der Waals surface area contributed by atoms with E-state index in [1.54, 1.807) is 0 Å². The quantitative estimate of drug-likeness (QED) is 0.822. The van der Waals surface area contributed by atoms with Gasteiger partial charge >= 0.3 is 0 Å². The molecule has 1 fully saturated rings. The lowest BCUT2D eigenvalue weighted by atomic mass is 9.78. The van der Waals surface area contributed by atoms with Crippen LogP contribution in [0.1, 0.15) is 54.4 Å². The zero-order chi connectivity index (χ0) is 14.0. The molecular weight excluding hydrogens is 224 g/mol. The minimum absolute atomic E-state index is 0.0538. The van der Waals surface area contributed by atoms with E-state index in [4.69, 9.17) is 10.5 Å². The molecule has 1 aliphatic rings. The molecule has 0 aromatic heterocycles. The van der Waals surface area contributed by atoms with Gasteiger partial charge in [0.25, 0.3) is 0 Å². The summed E-state index contributed by atoms with van der Waals surface area (Å²) in [5.74, 6) is 0.668. The minimum Gasteiger partial charge on any atom is -0.375 e. The van der Waals surface area contributed by atoms with Crippen LogP contribution in [-0.4, -0.2) is 41.8 Å². The molecule has 1 rings (SSSR count). The lowest BCUT2D eigenvalue weighted by Gasteiger charge is -2.52. The Morgan fingerprint density at radius 1 is 1.22 bits per heavy atom. The molecule has 1 heterocycles. The average Bonchev–Trinajstić information content (AvgIpc) is 2.23. The largest absolute Gasteiger partial charge is 0.375 e. The van der Waals surface area contributed by atoms with Crippen molar-refractivity contribution in [3.63, 3.8) is 0 Å². The highest BCUT2D eigenvalue weighted by Gasteiger charge is 2.44. The predicted octanol–water partition coefficient (Wildman–Crippen LogP) is 2.64. The van der Waals surface area contributed by atoms with E-state index in [-0.39, 0.29) is 11.1 Å². The van der Waals surface area contributed by atoms with Gasteiger partial charge in [-0.1, -0.05) is 13.8 Å². The van der Waals surface area contributed by atoms with Crippen LogP contribution in [-0.2, 0) is 4.74 Å². The van der Waals surface area contributed by atoms with E-state index in [2.05, 4.69) is 46.4 Å². The van der Waals surface area contributed by atoms with Crippen LogP contribution >= 0.6 is 0 Å². The van der Waals surface area contributed by atoms with Crippen molar-refractivity contribution in [2.45, 2.75) is 71.6 Å². The normalized spacial score (nSPS) is 28.3. The van der Waals surface area contributed by atoms with Crippen molar-refractivity contribution in [2.75, 3.05) is 19.7 Å². The number of nitrogens with zero attached hydrogens (tertiary/aromatic N) is 1. The maximum absolute atomic E-state index is 6.18. The van der Waals surface area contributed by atoms with Gasteiger partial charge in [0.2, 0.25) is 0 Å². The van der Waals surface area contributed by atoms with Crippen LogP contribution in [0.3, 0.4) is 0 Å². The molecular formula is C15H32N2O. The van der Waals surface area contributed by atoms with E-state index in [9.17, 15) is 0 Å². The molecule has 0 bridgehead atoms. The van der Waals surface area contributed by atoms with E-state index in [0.29, 0.717) is 12.0 Å². The molecule has 0 spiro atoms. The third-order valence-corrected chi connectivity index (χ3v) is 3.99. The van der Waals surface area contributed by atoms with Crippen molar-refractivity contribution in [3.8, 4) is 0 Å². The first-order valence-electron chi connectivity index (χ1n) is 7.33. The number of rotatable bonds is 5. The zero-order valence-electron chi connectivity index (χ0n) is 13.1. The number of ether oxygens (including phenoxy) is 1. The summed E-state index contributed by atoms with van der Waals surface area (Å²) < 4.78 is 5.88. The fourth-order valence-electron chi connectivity index (χ4n) is 3.33. The summed E-state index contributed by atoms with van der Waals surface area (Å²) in [5.41, 5.74) is 6.23. The van der Waals surface area contributed by atoms with Crippen molar-refractivity contribution in [1.29, 1.82) is 0 Å². The molecule has 0 aromatic rings. The SMILES string of the molecule is CC(C)CN(C(C)C)C1(CN)CCOC(C)(C)C1. The van der Waals surface area contributed by atoms with Gasteiger partial charge in [-0.2, -0.15) is 0 Å². The molecule has 1 aliphatic heterocycles. The van der Waals surface area contributed by atoms with Crippen LogP contribution in [0.25, 0.3) is 0 Å². The zero-order valence-corrected chi connectivity index (χ0v) is 13.1. The number of hydrogen-bond acceptors (Lipinski definition) is 3. The summed E-state index contributed by atoms with van der Waals surface area (Å²) in [4.78, 5) is 2.61. The number of hydrogen-bond donors (Lipinski definition) is 1. The van der Waals surface area contributed by atoms with E-state index in [0.717, 1.165) is 32.5 Å². The van der Waals surface area contributed by atoms with Crippen molar-refractivity contribution in [1.82, 2.24) is 4.90 Å². The van der Waals surface area contributed by atoms with Crippen LogP contribution in [0.15, 0.2) is 0 Å². The lowest BCUT2D eigenvalue weighted by Crippen LogP contribution is -2.63. The van der Waals surface area contributed by atoms with Crippen LogP contribution in [0.4, 0.5) is 0 Å². The molecule has 0 amide bonds. The Morgan fingerprint density at radius 3 is 2.22 bits per heavy atom. The van der Waals surface area contributed by atoms with Gasteiger partial charge in [-0.15, -0.1) is 0 Å². The Hall–Kier alpha value is -0.120. The van der Waals surface area contributed by atoms with Gasteiger partial charge < -0.3 is 10.5 Å². The topological polar surface area (TPSA) is 38.5 Å². The van der Waals surface area contributed by atoms with Crippen LogP contribution in [0, 0.1) is 5.92 Å². The van der Waals surface area contributed by atoms with E-state index in [1.807, 2.05) is 0 Å². The van der Waals surface area contributed by atoms with Crippen LogP contribution < -0.4 is 5.73 Å². The fourth-order valence-corrected chi connectivity index (χ4v) is 3.33. The third-order valence-electron chi connectivity index (χ3n) is 3.99. The van der Waals surface area contributed by atoms with Gasteiger partial charge in [0.1, 0.15) is 0 Å². The Kier molecular flexibility index (Phi) is 5.22. The highest BCUT2D eigenvalue weighted by Crippen LogP contribution is 2.37. The average molecular weight is 256 g/mol. The number of nitrogens with two attached hydrogens (primary N) is 1. The molecule has 1 atom stereocenters. The third kappa shape index (κ3) is 3.69. The van der Waals surface area contributed by atoms with Crippen molar-refractivity contribution in [2.24, 2.45) is 11.7 Å². The molecule has 3 heteroatoms. The van der Waals surface area contributed by atoms with Crippen molar-refractivity contribution in [3.05, 3.63) is 0 Å². The van der Waals surface area contributed by atoms with Crippen molar-refractivity contribution < 1.29 is 4.74 Å². The second-order valence-corrected chi connectivity index (χ2v) is 7.10. The van der Waals surface area contributed by atoms with E-state index in [1.165, 1.54) is 0 Å². The first-order valence-corrected chi connectivity index (χ1v) is 7.33. The molecule has 3 nitrogen and oxygen atoms in total. The summed E-state index contributed by atoms with van der Waals surface area (Å²) >= 11 is 0. The first kappa shape index (κ1) is 15.9. The van der Waals surface area contributed by atoms with Gasteiger partial charge in [0, 0.05) is 31.3 Å². The smallest absolute Gasteiger partial charge is 0.0644 e.